The Morgan fingerprint density at radius 2 is 2.09 bits per heavy atom. The van der Waals surface area contributed by atoms with Gasteiger partial charge in [0.25, 0.3) is 0 Å². The number of aliphatic hydroxyl groups is 1. The summed E-state index contributed by atoms with van der Waals surface area (Å²) in [5.74, 6) is -0.149. The van der Waals surface area contributed by atoms with E-state index in [2.05, 4.69) is 5.10 Å². The number of ether oxygens (including phenoxy) is 1. The molecule has 5 nitrogen and oxygen atoms in total. The molecular formula is C14H15F3N2O3. The summed E-state index contributed by atoms with van der Waals surface area (Å²) >= 11 is 0. The number of aromatic nitrogens is 2. The van der Waals surface area contributed by atoms with Crippen molar-refractivity contribution in [3.05, 3.63) is 30.1 Å². The van der Waals surface area contributed by atoms with Gasteiger partial charge in [-0.1, -0.05) is 13.8 Å². The smallest absolute Gasteiger partial charge is 0.417 e. The molecular weight excluding hydrogens is 301 g/mol. The van der Waals surface area contributed by atoms with Gasteiger partial charge >= 0.3 is 6.18 Å². The molecule has 0 radical (unpaired) electrons. The fourth-order valence-electron chi connectivity index (χ4n) is 1.82. The number of hydrogen-bond donors (Lipinski definition) is 1. The van der Waals surface area contributed by atoms with Crippen molar-refractivity contribution in [2.24, 2.45) is 5.92 Å². The van der Waals surface area contributed by atoms with E-state index in [1.54, 1.807) is 13.8 Å². The van der Waals surface area contributed by atoms with Gasteiger partial charge in [-0.3, -0.25) is 4.79 Å². The second-order valence-electron chi connectivity index (χ2n) is 5.14. The van der Waals surface area contributed by atoms with Crippen LogP contribution in [0.2, 0.25) is 0 Å². The summed E-state index contributed by atoms with van der Waals surface area (Å²) in [6.45, 7) is 2.62. The van der Waals surface area contributed by atoms with E-state index < -0.39 is 18.9 Å². The van der Waals surface area contributed by atoms with Gasteiger partial charge in [-0.15, -0.1) is 0 Å². The zero-order valence-electron chi connectivity index (χ0n) is 12.0. The van der Waals surface area contributed by atoms with Crippen LogP contribution in [-0.4, -0.2) is 39.4 Å². The van der Waals surface area contributed by atoms with Crippen LogP contribution >= 0.6 is 0 Å². The zero-order chi connectivity index (χ0) is 16.5. The normalized spacial score (nSPS) is 13.6. The molecule has 0 saturated carbocycles. The molecule has 0 saturated heterocycles. The highest BCUT2D eigenvalue weighted by atomic mass is 19.4. The van der Waals surface area contributed by atoms with E-state index >= 15 is 0 Å². The van der Waals surface area contributed by atoms with Crippen LogP contribution in [0.3, 0.4) is 0 Å². The minimum absolute atomic E-state index is 0.0730. The average molecular weight is 316 g/mol. The van der Waals surface area contributed by atoms with E-state index in [4.69, 9.17) is 9.84 Å². The average Bonchev–Trinajstić information content (AvgIpc) is 2.85. The number of aliphatic hydroxyl groups excluding tert-OH is 1. The molecule has 2 heterocycles. The predicted molar refractivity (Wildman–Crippen MR) is 71.9 cm³/mol. The molecule has 2 rings (SSSR count). The van der Waals surface area contributed by atoms with Gasteiger partial charge in [0, 0.05) is 5.92 Å². The number of hydrogen-bond acceptors (Lipinski definition) is 4. The standard InChI is InChI=1S/C14H15F3N2O3/c1-8(2)13(21)10-5-18-19-6-9(3-4-11(10)19)22-7-12(20)14(15,16)17/h3-6,8,12,20H,7H2,1-2H3. The number of alkyl halides is 3. The number of carbonyl (C=O) groups excluding carboxylic acids is 1. The summed E-state index contributed by atoms with van der Waals surface area (Å²) in [5, 5.41) is 12.9. The van der Waals surface area contributed by atoms with Gasteiger partial charge in [0.05, 0.1) is 23.5 Å². The molecule has 0 spiro atoms. The van der Waals surface area contributed by atoms with E-state index in [9.17, 15) is 18.0 Å². The van der Waals surface area contributed by atoms with E-state index in [1.165, 1.54) is 29.0 Å². The monoisotopic (exact) mass is 316 g/mol. The molecule has 1 atom stereocenters. The lowest BCUT2D eigenvalue weighted by atomic mass is 10.0. The summed E-state index contributed by atoms with van der Waals surface area (Å²) in [6, 6.07) is 2.97. The number of carbonyl (C=O) groups is 1. The Morgan fingerprint density at radius 3 is 2.68 bits per heavy atom. The number of ketones is 1. The van der Waals surface area contributed by atoms with Gasteiger partial charge in [-0.25, -0.2) is 4.52 Å². The van der Waals surface area contributed by atoms with Crippen molar-refractivity contribution in [2.45, 2.75) is 26.1 Å². The molecule has 2 aromatic rings. The maximum absolute atomic E-state index is 12.2. The van der Waals surface area contributed by atoms with Gasteiger partial charge in [0.1, 0.15) is 12.4 Å². The molecule has 0 aliphatic heterocycles. The third kappa shape index (κ3) is 3.38. The molecule has 1 unspecified atom stereocenters. The Bertz CT molecular complexity index is 680. The summed E-state index contributed by atoms with van der Waals surface area (Å²) in [6.07, 6.45) is -4.52. The van der Waals surface area contributed by atoms with Crippen LogP contribution in [0.1, 0.15) is 24.2 Å². The van der Waals surface area contributed by atoms with E-state index in [-0.39, 0.29) is 17.5 Å². The molecule has 0 amide bonds. The fourth-order valence-corrected chi connectivity index (χ4v) is 1.82. The lowest BCUT2D eigenvalue weighted by Crippen LogP contribution is -2.34. The molecule has 0 bridgehead atoms. The summed E-state index contributed by atoms with van der Waals surface area (Å²) in [7, 11) is 0. The highest BCUT2D eigenvalue weighted by Crippen LogP contribution is 2.22. The molecule has 0 fully saturated rings. The van der Waals surface area contributed by atoms with Gasteiger partial charge in [-0.2, -0.15) is 18.3 Å². The van der Waals surface area contributed by atoms with Crippen molar-refractivity contribution in [3.8, 4) is 5.75 Å². The number of halogens is 3. The maximum atomic E-state index is 12.2. The number of nitrogens with zero attached hydrogens (tertiary/aromatic N) is 2. The Balaban J connectivity index is 2.17. The lowest BCUT2D eigenvalue weighted by Gasteiger charge is -2.15. The van der Waals surface area contributed by atoms with Gasteiger partial charge < -0.3 is 9.84 Å². The van der Waals surface area contributed by atoms with Crippen LogP contribution in [-0.2, 0) is 0 Å². The molecule has 0 aliphatic rings. The first-order chi connectivity index (χ1) is 10.2. The van der Waals surface area contributed by atoms with Crippen LogP contribution in [0.4, 0.5) is 13.2 Å². The van der Waals surface area contributed by atoms with Gasteiger partial charge in [-0.05, 0) is 12.1 Å². The Hall–Kier alpha value is -2.09. The maximum Gasteiger partial charge on any atom is 0.417 e. The second kappa shape index (κ2) is 5.96. The first-order valence-corrected chi connectivity index (χ1v) is 6.59. The summed E-state index contributed by atoms with van der Waals surface area (Å²) in [5.41, 5.74) is 0.985. The Kier molecular flexibility index (Phi) is 4.41. The molecule has 0 aromatic carbocycles. The third-order valence-corrected chi connectivity index (χ3v) is 3.06. The topological polar surface area (TPSA) is 63.8 Å². The van der Waals surface area contributed by atoms with Crippen LogP contribution in [0.15, 0.2) is 24.5 Å². The second-order valence-corrected chi connectivity index (χ2v) is 5.14. The van der Waals surface area contributed by atoms with Crippen LogP contribution in [0.5, 0.6) is 5.75 Å². The summed E-state index contributed by atoms with van der Waals surface area (Å²) < 4.78 is 42.8. The largest absolute Gasteiger partial charge is 0.489 e. The van der Waals surface area contributed by atoms with E-state index in [1.807, 2.05) is 0 Å². The van der Waals surface area contributed by atoms with Crippen molar-refractivity contribution in [3.63, 3.8) is 0 Å². The summed E-state index contributed by atoms with van der Waals surface area (Å²) in [4.78, 5) is 12.0. The number of Topliss-reactive ketones (excluding diaryl/α,β-unsaturated/α-hetero) is 1. The van der Waals surface area contributed by atoms with Crippen molar-refractivity contribution in [1.29, 1.82) is 0 Å². The zero-order valence-corrected chi connectivity index (χ0v) is 12.0. The molecule has 120 valence electrons. The minimum atomic E-state index is -4.73. The molecule has 22 heavy (non-hydrogen) atoms. The lowest BCUT2D eigenvalue weighted by molar-refractivity contribution is -0.210. The highest BCUT2D eigenvalue weighted by Gasteiger charge is 2.38. The van der Waals surface area contributed by atoms with Crippen LogP contribution in [0.25, 0.3) is 5.52 Å². The molecule has 1 N–H and O–H groups in total. The Morgan fingerprint density at radius 1 is 1.41 bits per heavy atom. The van der Waals surface area contributed by atoms with Gasteiger partial charge in [0.2, 0.25) is 0 Å². The van der Waals surface area contributed by atoms with E-state index in [0.29, 0.717) is 11.1 Å². The third-order valence-electron chi connectivity index (χ3n) is 3.06. The first kappa shape index (κ1) is 16.3. The van der Waals surface area contributed by atoms with Gasteiger partial charge in [0.15, 0.2) is 11.9 Å². The molecule has 8 heteroatoms. The SMILES string of the molecule is CC(C)C(=O)c1cnn2cc(OCC(O)C(F)(F)F)ccc12. The Labute approximate surface area is 124 Å². The van der Waals surface area contributed by atoms with Crippen LogP contribution < -0.4 is 4.74 Å². The quantitative estimate of drug-likeness (QED) is 0.861. The van der Waals surface area contributed by atoms with E-state index in [0.717, 1.165) is 0 Å². The molecule has 0 aliphatic carbocycles. The van der Waals surface area contributed by atoms with Crippen molar-refractivity contribution >= 4 is 11.3 Å². The van der Waals surface area contributed by atoms with Crippen molar-refractivity contribution in [2.75, 3.05) is 6.61 Å². The number of rotatable bonds is 5. The predicted octanol–water partition coefficient (Wildman–Crippen LogP) is 2.48. The fraction of sp³-hybridized carbons (Fsp3) is 0.429. The first-order valence-electron chi connectivity index (χ1n) is 6.59. The van der Waals surface area contributed by atoms with Crippen molar-refractivity contribution < 1.29 is 27.8 Å². The van der Waals surface area contributed by atoms with Crippen LogP contribution in [0, 0.1) is 5.92 Å². The molecule has 2 aromatic heterocycles. The highest BCUT2D eigenvalue weighted by molar-refractivity contribution is 6.03. The minimum Gasteiger partial charge on any atom is -0.489 e. The van der Waals surface area contributed by atoms with Crippen molar-refractivity contribution in [1.82, 2.24) is 9.61 Å². The number of fused-ring (bicyclic) bond motifs is 1. The number of pyridine rings is 1.